The predicted octanol–water partition coefficient (Wildman–Crippen LogP) is 2.69. The first-order valence-corrected chi connectivity index (χ1v) is 5.80. The van der Waals surface area contributed by atoms with E-state index in [1.165, 1.54) is 6.07 Å². The third-order valence-corrected chi connectivity index (χ3v) is 2.69. The molecule has 0 unspecified atom stereocenters. The van der Waals surface area contributed by atoms with Gasteiger partial charge >= 0.3 is 0 Å². The maximum atomic E-state index is 13.3. The molecule has 18 heavy (non-hydrogen) atoms. The molecule has 0 saturated carbocycles. The standard InChI is InChI=1S/C14H14F2N2/c15-13-3-1-2-12(14(13)16)10-18-9-6-11-4-7-17-8-5-11/h1-5,7-8,18H,6,9-10H2. The van der Waals surface area contributed by atoms with Gasteiger partial charge in [-0.05, 0) is 36.7 Å². The molecule has 1 aromatic heterocycles. The van der Waals surface area contributed by atoms with E-state index < -0.39 is 11.6 Å². The van der Waals surface area contributed by atoms with Crippen LogP contribution in [0.5, 0.6) is 0 Å². The second-order valence-electron chi connectivity index (χ2n) is 4.00. The predicted molar refractivity (Wildman–Crippen MR) is 66.0 cm³/mol. The van der Waals surface area contributed by atoms with Gasteiger partial charge in [0, 0.05) is 24.5 Å². The molecule has 0 atom stereocenters. The number of pyridine rings is 1. The van der Waals surface area contributed by atoms with Gasteiger partial charge in [0.25, 0.3) is 0 Å². The Morgan fingerprint density at radius 2 is 1.83 bits per heavy atom. The van der Waals surface area contributed by atoms with Crippen molar-refractivity contribution in [1.29, 1.82) is 0 Å². The third-order valence-electron chi connectivity index (χ3n) is 2.69. The highest BCUT2D eigenvalue weighted by molar-refractivity contribution is 5.18. The Bertz CT molecular complexity index is 500. The van der Waals surface area contributed by atoms with Gasteiger partial charge in [-0.25, -0.2) is 8.78 Å². The van der Waals surface area contributed by atoms with Crippen LogP contribution in [0.3, 0.4) is 0 Å². The molecule has 2 rings (SSSR count). The number of hydrogen-bond acceptors (Lipinski definition) is 2. The van der Waals surface area contributed by atoms with E-state index >= 15 is 0 Å². The Morgan fingerprint density at radius 1 is 1.06 bits per heavy atom. The van der Waals surface area contributed by atoms with E-state index in [0.717, 1.165) is 18.1 Å². The first-order valence-electron chi connectivity index (χ1n) is 5.80. The smallest absolute Gasteiger partial charge is 0.163 e. The minimum Gasteiger partial charge on any atom is -0.312 e. The van der Waals surface area contributed by atoms with E-state index in [1.807, 2.05) is 12.1 Å². The quantitative estimate of drug-likeness (QED) is 0.823. The lowest BCUT2D eigenvalue weighted by Crippen LogP contribution is -2.17. The van der Waals surface area contributed by atoms with Crippen molar-refractivity contribution >= 4 is 0 Å². The van der Waals surface area contributed by atoms with Gasteiger partial charge in [0.1, 0.15) is 0 Å². The Morgan fingerprint density at radius 3 is 2.61 bits per heavy atom. The number of aromatic nitrogens is 1. The van der Waals surface area contributed by atoms with Gasteiger partial charge in [0.2, 0.25) is 0 Å². The number of halogens is 2. The van der Waals surface area contributed by atoms with Gasteiger partial charge in [0.05, 0.1) is 0 Å². The minimum atomic E-state index is -0.802. The van der Waals surface area contributed by atoms with E-state index in [0.29, 0.717) is 18.7 Å². The molecule has 1 heterocycles. The van der Waals surface area contributed by atoms with Crippen LogP contribution in [-0.4, -0.2) is 11.5 Å². The average Bonchev–Trinajstić information content (AvgIpc) is 2.40. The van der Waals surface area contributed by atoms with Gasteiger partial charge in [0.15, 0.2) is 11.6 Å². The van der Waals surface area contributed by atoms with Crippen molar-refractivity contribution in [2.24, 2.45) is 0 Å². The molecular formula is C14H14F2N2. The summed E-state index contributed by atoms with van der Waals surface area (Å²) in [5, 5.41) is 3.09. The van der Waals surface area contributed by atoms with E-state index in [4.69, 9.17) is 0 Å². The third kappa shape index (κ3) is 3.34. The van der Waals surface area contributed by atoms with Gasteiger partial charge in [-0.3, -0.25) is 4.98 Å². The summed E-state index contributed by atoms with van der Waals surface area (Å²) < 4.78 is 26.3. The Labute approximate surface area is 105 Å². The normalized spacial score (nSPS) is 10.6. The summed E-state index contributed by atoms with van der Waals surface area (Å²) in [5.74, 6) is -1.57. The summed E-state index contributed by atoms with van der Waals surface area (Å²) >= 11 is 0. The Balaban J connectivity index is 1.81. The van der Waals surface area contributed by atoms with Crippen LogP contribution in [0.1, 0.15) is 11.1 Å². The number of nitrogens with zero attached hydrogens (tertiary/aromatic N) is 1. The van der Waals surface area contributed by atoms with Gasteiger partial charge < -0.3 is 5.32 Å². The zero-order valence-electron chi connectivity index (χ0n) is 9.87. The van der Waals surface area contributed by atoms with E-state index in [2.05, 4.69) is 10.3 Å². The SMILES string of the molecule is Fc1cccc(CNCCc2ccncc2)c1F. The Hall–Kier alpha value is -1.81. The van der Waals surface area contributed by atoms with Crippen LogP contribution < -0.4 is 5.32 Å². The van der Waals surface area contributed by atoms with Crippen LogP contribution in [-0.2, 0) is 13.0 Å². The van der Waals surface area contributed by atoms with Crippen molar-refractivity contribution in [2.75, 3.05) is 6.54 Å². The van der Waals surface area contributed by atoms with Gasteiger partial charge in [-0.1, -0.05) is 12.1 Å². The molecule has 1 N–H and O–H groups in total. The summed E-state index contributed by atoms with van der Waals surface area (Å²) in [6, 6.07) is 8.08. The van der Waals surface area contributed by atoms with Crippen molar-refractivity contribution < 1.29 is 8.78 Å². The summed E-state index contributed by atoms with van der Waals surface area (Å²) in [7, 11) is 0. The second-order valence-corrected chi connectivity index (χ2v) is 4.00. The summed E-state index contributed by atoms with van der Waals surface area (Å²) in [4.78, 5) is 3.93. The van der Waals surface area contributed by atoms with E-state index in [1.54, 1.807) is 18.5 Å². The molecule has 0 radical (unpaired) electrons. The van der Waals surface area contributed by atoms with Crippen molar-refractivity contribution in [1.82, 2.24) is 10.3 Å². The first kappa shape index (κ1) is 12.6. The van der Waals surface area contributed by atoms with Crippen molar-refractivity contribution in [3.63, 3.8) is 0 Å². The number of rotatable bonds is 5. The lowest BCUT2D eigenvalue weighted by molar-refractivity contribution is 0.493. The molecule has 2 nitrogen and oxygen atoms in total. The molecule has 0 aliphatic carbocycles. The van der Waals surface area contributed by atoms with Crippen LogP contribution in [0.4, 0.5) is 8.78 Å². The fourth-order valence-corrected chi connectivity index (χ4v) is 1.69. The van der Waals surface area contributed by atoms with Gasteiger partial charge in [-0.2, -0.15) is 0 Å². The van der Waals surface area contributed by atoms with Crippen LogP contribution in [0.15, 0.2) is 42.7 Å². The summed E-state index contributed by atoms with van der Waals surface area (Å²) in [5.41, 5.74) is 1.52. The lowest BCUT2D eigenvalue weighted by atomic mass is 10.2. The first-order chi connectivity index (χ1) is 8.77. The monoisotopic (exact) mass is 248 g/mol. The molecule has 1 aromatic carbocycles. The molecule has 0 aliphatic rings. The van der Waals surface area contributed by atoms with Crippen LogP contribution in [0.2, 0.25) is 0 Å². The Kier molecular flexibility index (Phi) is 4.36. The zero-order chi connectivity index (χ0) is 12.8. The molecule has 0 fully saturated rings. The summed E-state index contributed by atoms with van der Waals surface area (Å²) in [6.45, 7) is 1.04. The summed E-state index contributed by atoms with van der Waals surface area (Å²) in [6.07, 6.45) is 4.31. The van der Waals surface area contributed by atoms with Crippen LogP contribution in [0, 0.1) is 11.6 Å². The lowest BCUT2D eigenvalue weighted by Gasteiger charge is -2.06. The fraction of sp³-hybridized carbons (Fsp3) is 0.214. The number of nitrogens with one attached hydrogen (secondary N) is 1. The molecule has 0 bridgehead atoms. The van der Waals surface area contributed by atoms with E-state index in [9.17, 15) is 8.78 Å². The average molecular weight is 248 g/mol. The molecule has 4 heteroatoms. The number of hydrogen-bond donors (Lipinski definition) is 1. The van der Waals surface area contributed by atoms with Crippen molar-refractivity contribution in [3.8, 4) is 0 Å². The largest absolute Gasteiger partial charge is 0.312 e. The molecule has 94 valence electrons. The fourth-order valence-electron chi connectivity index (χ4n) is 1.69. The van der Waals surface area contributed by atoms with E-state index in [-0.39, 0.29) is 0 Å². The van der Waals surface area contributed by atoms with Crippen LogP contribution >= 0.6 is 0 Å². The van der Waals surface area contributed by atoms with Crippen molar-refractivity contribution in [3.05, 3.63) is 65.5 Å². The van der Waals surface area contributed by atoms with Crippen molar-refractivity contribution in [2.45, 2.75) is 13.0 Å². The maximum absolute atomic E-state index is 13.3. The minimum absolute atomic E-state index is 0.328. The second kappa shape index (κ2) is 6.21. The maximum Gasteiger partial charge on any atom is 0.163 e. The molecule has 0 spiro atoms. The highest BCUT2D eigenvalue weighted by atomic mass is 19.2. The topological polar surface area (TPSA) is 24.9 Å². The molecule has 2 aromatic rings. The molecule has 0 saturated heterocycles. The zero-order valence-corrected chi connectivity index (χ0v) is 9.87. The number of benzene rings is 1. The molecule has 0 aliphatic heterocycles. The molecule has 0 amide bonds. The van der Waals surface area contributed by atoms with Crippen LogP contribution in [0.25, 0.3) is 0 Å². The van der Waals surface area contributed by atoms with Gasteiger partial charge in [-0.15, -0.1) is 0 Å². The molecular weight excluding hydrogens is 234 g/mol. The highest BCUT2D eigenvalue weighted by Gasteiger charge is 2.06. The highest BCUT2D eigenvalue weighted by Crippen LogP contribution is 2.10.